The first-order valence-electron chi connectivity index (χ1n) is 11.5. The van der Waals surface area contributed by atoms with Crippen molar-refractivity contribution in [1.29, 1.82) is 0 Å². The highest BCUT2D eigenvalue weighted by molar-refractivity contribution is 6.05. The predicted molar refractivity (Wildman–Crippen MR) is 138 cm³/mol. The number of terminal acetylenes is 1. The maximum absolute atomic E-state index is 13.3. The SMILES string of the molecule is C#Cc1cccc(C(=O)Nc2cc(-c3ccc(NC(=O)c4cccc(C5(C(F)(F)F)N=N5)c4)cc3)nn2C)c1. The van der Waals surface area contributed by atoms with Crippen molar-refractivity contribution in [2.45, 2.75) is 11.8 Å². The number of nitrogens with one attached hydrogen (secondary N) is 2. The van der Waals surface area contributed by atoms with Crippen LogP contribution < -0.4 is 10.6 Å². The normalized spacial score (nSPS) is 13.4. The van der Waals surface area contributed by atoms with E-state index >= 15 is 0 Å². The summed E-state index contributed by atoms with van der Waals surface area (Å²) in [5.74, 6) is 2.03. The molecule has 4 aromatic rings. The van der Waals surface area contributed by atoms with Crippen LogP contribution in [0.2, 0.25) is 0 Å². The first kappa shape index (κ1) is 25.4. The van der Waals surface area contributed by atoms with E-state index in [0.717, 1.165) is 6.07 Å². The minimum absolute atomic E-state index is 0.0374. The van der Waals surface area contributed by atoms with Gasteiger partial charge in [0.25, 0.3) is 11.8 Å². The fourth-order valence-corrected chi connectivity index (χ4v) is 3.91. The molecule has 2 amide bonds. The van der Waals surface area contributed by atoms with Crippen molar-refractivity contribution >= 4 is 23.3 Å². The third-order valence-electron chi connectivity index (χ3n) is 6.07. The van der Waals surface area contributed by atoms with Crippen LogP contribution in [0.25, 0.3) is 11.3 Å². The molecule has 0 saturated heterocycles. The fourth-order valence-electron chi connectivity index (χ4n) is 3.91. The molecule has 3 aromatic carbocycles. The number of carbonyl (C=O) groups excluding carboxylic acids is 2. The molecule has 1 aromatic heterocycles. The van der Waals surface area contributed by atoms with Gasteiger partial charge in [0, 0.05) is 46.6 Å². The van der Waals surface area contributed by atoms with E-state index < -0.39 is 17.7 Å². The molecule has 0 bridgehead atoms. The largest absolute Gasteiger partial charge is 0.442 e. The molecule has 11 heteroatoms. The summed E-state index contributed by atoms with van der Waals surface area (Å²) in [5.41, 5.74) is -0.0682. The van der Waals surface area contributed by atoms with Crippen molar-refractivity contribution < 1.29 is 22.8 Å². The molecule has 0 spiro atoms. The minimum atomic E-state index is -4.68. The van der Waals surface area contributed by atoms with Crippen molar-refractivity contribution in [3.63, 3.8) is 0 Å². The Kier molecular flexibility index (Phi) is 6.24. The van der Waals surface area contributed by atoms with Crippen LogP contribution in [0.5, 0.6) is 0 Å². The third kappa shape index (κ3) is 5.00. The Hall–Kier alpha value is -5.24. The standard InChI is InChI=1S/C28H19F3N6O2/c1-3-17-6-4-7-19(14-17)26(39)33-24-16-23(34-37(24)2)18-10-12-22(13-11-18)32-25(38)20-8-5-9-21(15-20)27(35-36-27)28(29,30)31/h1,4-16H,2H3,(H,32,38)(H,33,39). The number of hydrogen-bond donors (Lipinski definition) is 2. The van der Waals surface area contributed by atoms with Crippen LogP contribution in [0.1, 0.15) is 31.8 Å². The van der Waals surface area contributed by atoms with Gasteiger partial charge in [-0.1, -0.05) is 36.3 Å². The fraction of sp³-hybridized carbons (Fsp3) is 0.107. The predicted octanol–water partition coefficient (Wildman–Crippen LogP) is 5.75. The maximum Gasteiger partial charge on any atom is 0.442 e. The van der Waals surface area contributed by atoms with Crippen LogP contribution in [0.3, 0.4) is 0 Å². The molecule has 1 aliphatic rings. The van der Waals surface area contributed by atoms with Crippen LogP contribution in [-0.4, -0.2) is 27.8 Å². The highest BCUT2D eigenvalue weighted by atomic mass is 19.4. The van der Waals surface area contributed by atoms with Crippen molar-refractivity contribution in [1.82, 2.24) is 9.78 Å². The van der Waals surface area contributed by atoms with Crippen molar-refractivity contribution in [2.24, 2.45) is 17.3 Å². The lowest BCUT2D eigenvalue weighted by Gasteiger charge is -2.15. The quantitative estimate of drug-likeness (QED) is 0.312. The molecule has 5 rings (SSSR count). The second-order valence-electron chi connectivity index (χ2n) is 8.70. The van der Waals surface area contributed by atoms with Crippen molar-refractivity contribution in [3.05, 3.63) is 101 Å². The molecule has 0 atom stereocenters. The lowest BCUT2D eigenvalue weighted by Crippen LogP contribution is -2.30. The first-order chi connectivity index (χ1) is 18.6. The molecule has 194 valence electrons. The number of nitrogens with zero attached hydrogens (tertiary/aromatic N) is 4. The lowest BCUT2D eigenvalue weighted by molar-refractivity contribution is -0.166. The zero-order valence-corrected chi connectivity index (χ0v) is 20.3. The maximum atomic E-state index is 13.3. The summed E-state index contributed by atoms with van der Waals surface area (Å²) in [5, 5.41) is 16.3. The van der Waals surface area contributed by atoms with E-state index in [1.54, 1.807) is 61.6 Å². The number of carbonyl (C=O) groups is 2. The van der Waals surface area contributed by atoms with E-state index in [0.29, 0.717) is 33.9 Å². The zero-order valence-electron chi connectivity index (χ0n) is 20.3. The van der Waals surface area contributed by atoms with Crippen LogP contribution in [0.15, 0.2) is 89.1 Å². The number of rotatable bonds is 6. The van der Waals surface area contributed by atoms with Gasteiger partial charge in [-0.3, -0.25) is 14.3 Å². The van der Waals surface area contributed by atoms with Gasteiger partial charge in [-0.15, -0.1) is 16.7 Å². The molecule has 2 heterocycles. The van der Waals surface area contributed by atoms with E-state index in [1.165, 1.54) is 22.9 Å². The molecule has 39 heavy (non-hydrogen) atoms. The Morgan fingerprint density at radius 2 is 1.54 bits per heavy atom. The molecule has 2 N–H and O–H groups in total. The summed E-state index contributed by atoms with van der Waals surface area (Å²) in [6, 6.07) is 20.2. The Bertz CT molecular complexity index is 1660. The summed E-state index contributed by atoms with van der Waals surface area (Å²) in [6.45, 7) is 0. The lowest BCUT2D eigenvalue weighted by atomic mass is 10.00. The van der Waals surface area contributed by atoms with Gasteiger partial charge < -0.3 is 10.6 Å². The number of halogens is 3. The number of anilines is 2. The molecule has 8 nitrogen and oxygen atoms in total. The number of hydrogen-bond acceptors (Lipinski definition) is 5. The van der Waals surface area contributed by atoms with Gasteiger partial charge in [-0.25, -0.2) is 0 Å². The van der Waals surface area contributed by atoms with Crippen molar-refractivity contribution in [3.8, 4) is 23.6 Å². The summed E-state index contributed by atoms with van der Waals surface area (Å²) < 4.78 is 41.5. The number of aryl methyl sites for hydroxylation is 1. The highest BCUT2D eigenvalue weighted by Gasteiger charge is 2.65. The van der Waals surface area contributed by atoms with Crippen LogP contribution in [0, 0.1) is 12.3 Å². The summed E-state index contributed by atoms with van der Waals surface area (Å²) in [4.78, 5) is 25.4. The van der Waals surface area contributed by atoms with E-state index in [-0.39, 0.29) is 17.0 Å². The Balaban J connectivity index is 1.27. The van der Waals surface area contributed by atoms with Gasteiger partial charge in [-0.05, 0) is 42.5 Å². The van der Waals surface area contributed by atoms with E-state index in [4.69, 9.17) is 6.42 Å². The van der Waals surface area contributed by atoms with Gasteiger partial charge >= 0.3 is 11.8 Å². The second kappa shape index (κ2) is 9.57. The Morgan fingerprint density at radius 1 is 0.897 bits per heavy atom. The van der Waals surface area contributed by atoms with Crippen LogP contribution in [-0.2, 0) is 12.7 Å². The molecule has 0 aliphatic carbocycles. The third-order valence-corrected chi connectivity index (χ3v) is 6.07. The van der Waals surface area contributed by atoms with Gasteiger partial charge in [0.1, 0.15) is 5.82 Å². The number of amides is 2. The van der Waals surface area contributed by atoms with Gasteiger partial charge in [0.15, 0.2) is 0 Å². The molecule has 0 fully saturated rings. The highest BCUT2D eigenvalue weighted by Crippen LogP contribution is 2.52. The van der Waals surface area contributed by atoms with Gasteiger partial charge in [0.2, 0.25) is 0 Å². The van der Waals surface area contributed by atoms with E-state index in [9.17, 15) is 22.8 Å². The van der Waals surface area contributed by atoms with E-state index in [1.807, 2.05) is 0 Å². The van der Waals surface area contributed by atoms with Crippen LogP contribution in [0.4, 0.5) is 24.7 Å². The zero-order chi connectivity index (χ0) is 27.8. The monoisotopic (exact) mass is 528 g/mol. The number of benzene rings is 3. The summed E-state index contributed by atoms with van der Waals surface area (Å²) in [7, 11) is 1.69. The van der Waals surface area contributed by atoms with E-state index in [2.05, 4.69) is 31.9 Å². The smallest absolute Gasteiger partial charge is 0.322 e. The summed E-state index contributed by atoms with van der Waals surface area (Å²) in [6.07, 6.45) is 0.723. The molecular formula is C28H19F3N6O2. The average molecular weight is 528 g/mol. The topological polar surface area (TPSA) is 101 Å². The molecular weight excluding hydrogens is 509 g/mol. The van der Waals surface area contributed by atoms with Crippen LogP contribution >= 0.6 is 0 Å². The number of alkyl halides is 3. The second-order valence-corrected chi connectivity index (χ2v) is 8.70. The molecule has 0 saturated carbocycles. The number of aromatic nitrogens is 2. The minimum Gasteiger partial charge on any atom is -0.322 e. The van der Waals surface area contributed by atoms with Gasteiger partial charge in [-0.2, -0.15) is 18.3 Å². The van der Waals surface area contributed by atoms with Gasteiger partial charge in [0.05, 0.1) is 5.69 Å². The Morgan fingerprint density at radius 3 is 2.18 bits per heavy atom. The van der Waals surface area contributed by atoms with Crippen molar-refractivity contribution in [2.75, 3.05) is 10.6 Å². The Labute approximate surface area is 220 Å². The first-order valence-corrected chi connectivity index (χ1v) is 11.5. The summed E-state index contributed by atoms with van der Waals surface area (Å²) >= 11 is 0. The molecule has 1 aliphatic heterocycles. The molecule has 0 radical (unpaired) electrons. The molecule has 0 unspecified atom stereocenters. The average Bonchev–Trinajstić information content (AvgIpc) is 3.68.